The lowest BCUT2D eigenvalue weighted by Crippen LogP contribution is -2.30. The summed E-state index contributed by atoms with van der Waals surface area (Å²) in [4.78, 5) is 37.3. The van der Waals surface area contributed by atoms with Crippen molar-refractivity contribution in [2.24, 2.45) is 0 Å². The van der Waals surface area contributed by atoms with Gasteiger partial charge in [0.25, 0.3) is 11.5 Å². The Bertz CT molecular complexity index is 1140. The van der Waals surface area contributed by atoms with Gasteiger partial charge in [-0.15, -0.1) is 0 Å². The molecule has 29 heavy (non-hydrogen) atoms. The number of hydrogen-bond acceptors (Lipinski definition) is 5. The maximum Gasteiger partial charge on any atom is 0.252 e. The van der Waals surface area contributed by atoms with Gasteiger partial charge in [0.1, 0.15) is 6.54 Å². The van der Waals surface area contributed by atoms with E-state index in [0.29, 0.717) is 28.1 Å². The first-order valence-corrected chi connectivity index (χ1v) is 8.85. The summed E-state index contributed by atoms with van der Waals surface area (Å²) in [6, 6.07) is 13.2. The number of methoxy groups -OCH3 is 2. The SMILES string of the molecule is CNC(=O)c1cc(=O)n(CC(=O)Nc2ccc(OC)c(OC)c2)c2ccccc12. The number of anilines is 1. The van der Waals surface area contributed by atoms with E-state index in [1.807, 2.05) is 0 Å². The third kappa shape index (κ3) is 4.06. The lowest BCUT2D eigenvalue weighted by molar-refractivity contribution is -0.116. The highest BCUT2D eigenvalue weighted by atomic mass is 16.5. The molecule has 0 bridgehead atoms. The second-order valence-corrected chi connectivity index (χ2v) is 6.20. The van der Waals surface area contributed by atoms with Crippen LogP contribution in [0.25, 0.3) is 10.9 Å². The molecule has 0 saturated heterocycles. The highest BCUT2D eigenvalue weighted by Crippen LogP contribution is 2.29. The summed E-state index contributed by atoms with van der Waals surface area (Å²) in [7, 11) is 4.53. The number of amides is 2. The van der Waals surface area contributed by atoms with Gasteiger partial charge in [0.05, 0.1) is 25.3 Å². The molecule has 0 atom stereocenters. The van der Waals surface area contributed by atoms with Gasteiger partial charge >= 0.3 is 0 Å². The second kappa shape index (κ2) is 8.47. The number of ether oxygens (including phenoxy) is 2. The Morgan fingerprint density at radius 1 is 1.00 bits per heavy atom. The molecule has 0 saturated carbocycles. The van der Waals surface area contributed by atoms with E-state index in [2.05, 4.69) is 10.6 Å². The number of benzene rings is 2. The van der Waals surface area contributed by atoms with Crippen LogP contribution >= 0.6 is 0 Å². The van der Waals surface area contributed by atoms with Crippen LogP contribution in [0.2, 0.25) is 0 Å². The minimum absolute atomic E-state index is 0.207. The molecule has 3 rings (SSSR count). The zero-order valence-corrected chi connectivity index (χ0v) is 16.3. The van der Waals surface area contributed by atoms with Crippen LogP contribution in [0.4, 0.5) is 5.69 Å². The van der Waals surface area contributed by atoms with Crippen molar-refractivity contribution < 1.29 is 19.1 Å². The van der Waals surface area contributed by atoms with Gasteiger partial charge < -0.3 is 20.1 Å². The highest BCUT2D eigenvalue weighted by molar-refractivity contribution is 6.06. The van der Waals surface area contributed by atoms with Crippen molar-refractivity contribution in [1.82, 2.24) is 9.88 Å². The van der Waals surface area contributed by atoms with Crippen molar-refractivity contribution in [1.29, 1.82) is 0 Å². The van der Waals surface area contributed by atoms with Crippen LogP contribution in [-0.2, 0) is 11.3 Å². The number of aromatic nitrogens is 1. The Kier molecular flexibility index (Phi) is 5.82. The molecule has 0 aliphatic rings. The van der Waals surface area contributed by atoms with E-state index < -0.39 is 11.5 Å². The topological polar surface area (TPSA) is 98.7 Å². The van der Waals surface area contributed by atoms with Crippen LogP contribution in [-0.4, -0.2) is 37.6 Å². The highest BCUT2D eigenvalue weighted by Gasteiger charge is 2.16. The minimum Gasteiger partial charge on any atom is -0.493 e. The van der Waals surface area contributed by atoms with Crippen molar-refractivity contribution in [3.05, 3.63) is 64.4 Å². The maximum absolute atomic E-state index is 12.6. The zero-order valence-electron chi connectivity index (χ0n) is 16.3. The molecule has 1 aromatic heterocycles. The maximum atomic E-state index is 12.6. The summed E-state index contributed by atoms with van der Waals surface area (Å²) >= 11 is 0. The van der Waals surface area contributed by atoms with Crippen LogP contribution in [0.5, 0.6) is 11.5 Å². The molecule has 2 aromatic carbocycles. The summed E-state index contributed by atoms with van der Waals surface area (Å²) in [5.41, 5.74) is 0.836. The molecule has 0 radical (unpaired) electrons. The Morgan fingerprint density at radius 2 is 1.72 bits per heavy atom. The molecular formula is C21H21N3O5. The molecule has 0 unspecified atom stereocenters. The number of fused-ring (bicyclic) bond motifs is 1. The lowest BCUT2D eigenvalue weighted by atomic mass is 10.1. The molecule has 2 N–H and O–H groups in total. The van der Waals surface area contributed by atoms with E-state index in [4.69, 9.17) is 9.47 Å². The number of nitrogens with one attached hydrogen (secondary N) is 2. The van der Waals surface area contributed by atoms with Gasteiger partial charge in [-0.2, -0.15) is 0 Å². The van der Waals surface area contributed by atoms with Crippen LogP contribution in [0.1, 0.15) is 10.4 Å². The van der Waals surface area contributed by atoms with Crippen molar-refractivity contribution in [3.8, 4) is 11.5 Å². The standard InChI is InChI=1S/C21H21N3O5/c1-22-21(27)15-11-20(26)24(16-7-5-4-6-14(15)16)12-19(25)23-13-8-9-17(28-2)18(10-13)29-3/h4-11H,12H2,1-3H3,(H,22,27)(H,23,25). The van der Waals surface area contributed by atoms with E-state index in [-0.39, 0.29) is 18.0 Å². The molecule has 150 valence electrons. The summed E-state index contributed by atoms with van der Waals surface area (Å²) < 4.78 is 11.7. The summed E-state index contributed by atoms with van der Waals surface area (Å²) in [5, 5.41) is 5.86. The van der Waals surface area contributed by atoms with Gasteiger partial charge in [0, 0.05) is 30.3 Å². The molecule has 0 spiro atoms. The number of nitrogens with zero attached hydrogens (tertiary/aromatic N) is 1. The predicted octanol–water partition coefficient (Wildman–Crippen LogP) is 2.02. The molecule has 0 fully saturated rings. The number of rotatable bonds is 6. The van der Waals surface area contributed by atoms with Gasteiger partial charge in [-0.3, -0.25) is 19.0 Å². The molecule has 0 aliphatic carbocycles. The van der Waals surface area contributed by atoms with Crippen molar-refractivity contribution in [3.63, 3.8) is 0 Å². The number of hydrogen-bond donors (Lipinski definition) is 2. The molecule has 8 heteroatoms. The number of para-hydroxylation sites is 1. The third-order valence-electron chi connectivity index (χ3n) is 4.46. The number of pyridine rings is 1. The first kappa shape index (κ1) is 19.9. The van der Waals surface area contributed by atoms with Crippen LogP contribution in [0.15, 0.2) is 53.3 Å². The van der Waals surface area contributed by atoms with Crippen LogP contribution < -0.4 is 25.7 Å². The second-order valence-electron chi connectivity index (χ2n) is 6.20. The minimum atomic E-state index is -0.440. The van der Waals surface area contributed by atoms with Gasteiger partial charge in [0.15, 0.2) is 11.5 Å². The number of carbonyl (C=O) groups is 2. The van der Waals surface area contributed by atoms with Gasteiger partial charge in [-0.05, 0) is 18.2 Å². The van der Waals surface area contributed by atoms with Crippen LogP contribution in [0, 0.1) is 0 Å². The van der Waals surface area contributed by atoms with E-state index >= 15 is 0 Å². The summed E-state index contributed by atoms with van der Waals surface area (Å²) in [5.74, 6) is 0.262. The quantitative estimate of drug-likeness (QED) is 0.665. The van der Waals surface area contributed by atoms with Crippen molar-refractivity contribution in [2.75, 3.05) is 26.6 Å². The largest absolute Gasteiger partial charge is 0.493 e. The fourth-order valence-corrected chi connectivity index (χ4v) is 3.08. The molecule has 0 aliphatic heterocycles. The average molecular weight is 395 g/mol. The Labute approximate surface area is 167 Å². The van der Waals surface area contributed by atoms with E-state index in [1.165, 1.54) is 31.9 Å². The molecule has 1 heterocycles. The zero-order chi connectivity index (χ0) is 21.0. The van der Waals surface area contributed by atoms with E-state index in [0.717, 1.165) is 0 Å². The Morgan fingerprint density at radius 3 is 2.41 bits per heavy atom. The first-order chi connectivity index (χ1) is 14.0. The molecule has 2 amide bonds. The Balaban J connectivity index is 1.92. The van der Waals surface area contributed by atoms with Crippen LogP contribution in [0.3, 0.4) is 0 Å². The number of carbonyl (C=O) groups excluding carboxylic acids is 2. The van der Waals surface area contributed by atoms with E-state index in [1.54, 1.807) is 42.5 Å². The molecular weight excluding hydrogens is 374 g/mol. The summed E-state index contributed by atoms with van der Waals surface area (Å²) in [6.07, 6.45) is 0. The fourth-order valence-electron chi connectivity index (χ4n) is 3.08. The van der Waals surface area contributed by atoms with Gasteiger partial charge in [-0.25, -0.2) is 0 Å². The van der Waals surface area contributed by atoms with Crippen molar-refractivity contribution >= 4 is 28.4 Å². The normalized spacial score (nSPS) is 10.4. The first-order valence-electron chi connectivity index (χ1n) is 8.85. The smallest absolute Gasteiger partial charge is 0.252 e. The van der Waals surface area contributed by atoms with E-state index in [9.17, 15) is 14.4 Å². The average Bonchev–Trinajstić information content (AvgIpc) is 2.74. The van der Waals surface area contributed by atoms with Gasteiger partial charge in [0.2, 0.25) is 5.91 Å². The molecule has 8 nitrogen and oxygen atoms in total. The molecule has 3 aromatic rings. The van der Waals surface area contributed by atoms with Gasteiger partial charge in [-0.1, -0.05) is 18.2 Å². The lowest BCUT2D eigenvalue weighted by Gasteiger charge is -2.14. The van der Waals surface area contributed by atoms with Crippen molar-refractivity contribution in [2.45, 2.75) is 6.54 Å². The predicted molar refractivity (Wildman–Crippen MR) is 110 cm³/mol. The Hall–Kier alpha value is -3.81. The third-order valence-corrected chi connectivity index (χ3v) is 4.46. The monoisotopic (exact) mass is 395 g/mol. The summed E-state index contributed by atoms with van der Waals surface area (Å²) in [6.45, 7) is -0.207. The fraction of sp³-hybridized carbons (Fsp3) is 0.190.